The second-order valence-corrected chi connectivity index (χ2v) is 7.22. The average Bonchev–Trinajstić information content (AvgIpc) is 2.73. The number of carbonyl (C=O) groups excluding carboxylic acids is 3. The van der Waals surface area contributed by atoms with Crippen LogP contribution in [0.4, 0.5) is 4.39 Å². The van der Waals surface area contributed by atoms with Crippen molar-refractivity contribution in [3.05, 3.63) is 70.5 Å². The van der Waals surface area contributed by atoms with Crippen LogP contribution >= 0.6 is 11.6 Å². The molecular formula is C22H24ClFN2O4. The molecule has 30 heavy (non-hydrogen) atoms. The summed E-state index contributed by atoms with van der Waals surface area (Å²) in [6, 6.07) is 12.9. The number of nitrogens with zero attached hydrogens (tertiary/aromatic N) is 1. The molecule has 160 valence electrons. The lowest BCUT2D eigenvalue weighted by molar-refractivity contribution is -0.146. The molecular weight excluding hydrogens is 411 g/mol. The molecule has 1 N–H and O–H groups in total. The van der Waals surface area contributed by atoms with Crippen LogP contribution in [-0.2, 0) is 20.9 Å². The first-order valence-corrected chi connectivity index (χ1v) is 9.82. The minimum atomic E-state index is -0.539. The Morgan fingerprint density at radius 1 is 1.17 bits per heavy atom. The fourth-order valence-electron chi connectivity index (χ4n) is 2.87. The zero-order chi connectivity index (χ0) is 22.1. The summed E-state index contributed by atoms with van der Waals surface area (Å²) < 4.78 is 17.9. The Hall–Kier alpha value is -2.93. The molecule has 0 radical (unpaired) electrons. The van der Waals surface area contributed by atoms with Gasteiger partial charge < -0.3 is 15.0 Å². The van der Waals surface area contributed by atoms with Gasteiger partial charge in [-0.05, 0) is 23.8 Å². The number of carbonyl (C=O) groups is 3. The van der Waals surface area contributed by atoms with E-state index in [0.29, 0.717) is 6.54 Å². The van der Waals surface area contributed by atoms with Crippen LogP contribution in [0.1, 0.15) is 29.3 Å². The highest BCUT2D eigenvalue weighted by molar-refractivity contribution is 6.33. The summed E-state index contributed by atoms with van der Waals surface area (Å²) in [4.78, 5) is 38.3. The van der Waals surface area contributed by atoms with E-state index in [1.807, 2.05) is 30.3 Å². The Bertz CT molecular complexity index is 892. The Balaban J connectivity index is 1.98. The zero-order valence-corrected chi connectivity index (χ0v) is 17.6. The van der Waals surface area contributed by atoms with Crippen molar-refractivity contribution in [2.45, 2.75) is 19.9 Å². The third-order valence-electron chi connectivity index (χ3n) is 4.47. The first-order chi connectivity index (χ1) is 14.3. The number of benzene rings is 2. The summed E-state index contributed by atoms with van der Waals surface area (Å²) in [5, 5.41) is 2.61. The fourth-order valence-corrected chi connectivity index (χ4v) is 3.13. The maximum Gasteiger partial charge on any atom is 0.310 e. The van der Waals surface area contributed by atoms with Crippen molar-refractivity contribution in [1.29, 1.82) is 0 Å². The molecule has 0 aliphatic carbocycles. The van der Waals surface area contributed by atoms with Crippen molar-refractivity contribution in [1.82, 2.24) is 10.2 Å². The molecule has 0 spiro atoms. The van der Waals surface area contributed by atoms with Gasteiger partial charge in [-0.25, -0.2) is 4.39 Å². The summed E-state index contributed by atoms with van der Waals surface area (Å²) in [6.07, 6.45) is 0.0330. The molecule has 2 rings (SSSR count). The minimum absolute atomic E-state index is 0.00330. The number of methoxy groups -OCH3 is 1. The van der Waals surface area contributed by atoms with Crippen molar-refractivity contribution in [3.8, 4) is 0 Å². The molecule has 2 aromatic rings. The van der Waals surface area contributed by atoms with Gasteiger partial charge in [-0.1, -0.05) is 48.9 Å². The van der Waals surface area contributed by atoms with Crippen LogP contribution in [0.15, 0.2) is 48.5 Å². The molecule has 0 saturated heterocycles. The third kappa shape index (κ3) is 6.84. The van der Waals surface area contributed by atoms with Crippen molar-refractivity contribution >= 4 is 29.4 Å². The van der Waals surface area contributed by atoms with Crippen LogP contribution in [0.5, 0.6) is 0 Å². The molecule has 0 aliphatic heterocycles. The van der Waals surface area contributed by atoms with Crippen molar-refractivity contribution in [2.75, 3.05) is 20.2 Å². The van der Waals surface area contributed by atoms with Gasteiger partial charge in [0.25, 0.3) is 5.91 Å². The molecule has 6 nitrogen and oxygen atoms in total. The van der Waals surface area contributed by atoms with E-state index in [0.717, 1.165) is 17.7 Å². The summed E-state index contributed by atoms with van der Waals surface area (Å²) in [5.41, 5.74) is 1.05. The summed E-state index contributed by atoms with van der Waals surface area (Å²) in [5.74, 6) is -2.15. The van der Waals surface area contributed by atoms with Gasteiger partial charge in [0.2, 0.25) is 5.91 Å². The SMILES string of the molecule is COC(=O)C(C)CN(Cc1ccccc1)C(=O)CCNC(=O)c1ccc(F)cc1Cl. The Kier molecular flexibility index (Phi) is 8.80. The Morgan fingerprint density at radius 2 is 1.87 bits per heavy atom. The maximum absolute atomic E-state index is 13.1. The van der Waals surface area contributed by atoms with Gasteiger partial charge in [0.1, 0.15) is 5.82 Å². The molecule has 0 heterocycles. The summed E-state index contributed by atoms with van der Waals surface area (Å²) in [6.45, 7) is 2.29. The summed E-state index contributed by atoms with van der Waals surface area (Å²) in [7, 11) is 1.30. The predicted octanol–water partition coefficient (Wildman–Crippen LogP) is 3.44. The van der Waals surface area contributed by atoms with Gasteiger partial charge in [0.15, 0.2) is 0 Å². The van der Waals surface area contributed by atoms with Crippen LogP contribution in [0.3, 0.4) is 0 Å². The van der Waals surface area contributed by atoms with E-state index < -0.39 is 23.6 Å². The van der Waals surface area contributed by atoms with Gasteiger partial charge in [0, 0.05) is 26.1 Å². The van der Waals surface area contributed by atoms with E-state index in [9.17, 15) is 18.8 Å². The fraction of sp³-hybridized carbons (Fsp3) is 0.318. The van der Waals surface area contributed by atoms with E-state index in [-0.39, 0.29) is 36.0 Å². The highest BCUT2D eigenvalue weighted by Crippen LogP contribution is 2.17. The minimum Gasteiger partial charge on any atom is -0.469 e. The number of hydrogen-bond donors (Lipinski definition) is 1. The second kappa shape index (κ2) is 11.3. The maximum atomic E-state index is 13.1. The lowest BCUT2D eigenvalue weighted by atomic mass is 10.1. The average molecular weight is 435 g/mol. The molecule has 0 fully saturated rings. The van der Waals surface area contributed by atoms with E-state index in [1.165, 1.54) is 13.2 Å². The lowest BCUT2D eigenvalue weighted by Crippen LogP contribution is -2.38. The monoisotopic (exact) mass is 434 g/mol. The molecule has 8 heteroatoms. The number of halogens is 2. The molecule has 2 amide bonds. The van der Waals surface area contributed by atoms with E-state index in [2.05, 4.69) is 5.32 Å². The quantitative estimate of drug-likeness (QED) is 0.613. The number of nitrogens with one attached hydrogen (secondary N) is 1. The first kappa shape index (κ1) is 23.3. The molecule has 1 unspecified atom stereocenters. The smallest absolute Gasteiger partial charge is 0.310 e. The van der Waals surface area contributed by atoms with Gasteiger partial charge in [0.05, 0.1) is 23.6 Å². The number of hydrogen-bond acceptors (Lipinski definition) is 4. The second-order valence-electron chi connectivity index (χ2n) is 6.81. The molecule has 0 saturated carbocycles. The highest BCUT2D eigenvalue weighted by Gasteiger charge is 2.22. The number of ether oxygens (including phenoxy) is 1. The number of amides is 2. The van der Waals surface area contributed by atoms with E-state index in [1.54, 1.807) is 11.8 Å². The van der Waals surface area contributed by atoms with Crippen LogP contribution in [0.2, 0.25) is 5.02 Å². The largest absolute Gasteiger partial charge is 0.469 e. The highest BCUT2D eigenvalue weighted by atomic mass is 35.5. The molecule has 0 bridgehead atoms. The van der Waals surface area contributed by atoms with Gasteiger partial charge >= 0.3 is 5.97 Å². The molecule has 1 atom stereocenters. The predicted molar refractivity (Wildman–Crippen MR) is 111 cm³/mol. The van der Waals surface area contributed by atoms with Gasteiger partial charge in [-0.15, -0.1) is 0 Å². The number of rotatable bonds is 9. The third-order valence-corrected chi connectivity index (χ3v) is 4.78. The molecule has 0 aromatic heterocycles. The Morgan fingerprint density at radius 3 is 2.50 bits per heavy atom. The lowest BCUT2D eigenvalue weighted by Gasteiger charge is -2.25. The zero-order valence-electron chi connectivity index (χ0n) is 16.9. The molecule has 0 aliphatic rings. The van der Waals surface area contributed by atoms with Gasteiger partial charge in [-0.2, -0.15) is 0 Å². The van der Waals surface area contributed by atoms with E-state index in [4.69, 9.17) is 16.3 Å². The van der Waals surface area contributed by atoms with E-state index >= 15 is 0 Å². The van der Waals surface area contributed by atoms with Gasteiger partial charge in [-0.3, -0.25) is 14.4 Å². The van der Waals surface area contributed by atoms with Crippen LogP contribution in [-0.4, -0.2) is 42.9 Å². The van der Waals surface area contributed by atoms with Crippen molar-refractivity contribution in [3.63, 3.8) is 0 Å². The molecule has 2 aromatic carbocycles. The summed E-state index contributed by atoms with van der Waals surface area (Å²) >= 11 is 5.89. The van der Waals surface area contributed by atoms with Crippen molar-refractivity contribution < 1.29 is 23.5 Å². The van der Waals surface area contributed by atoms with Crippen LogP contribution in [0.25, 0.3) is 0 Å². The number of esters is 1. The first-order valence-electron chi connectivity index (χ1n) is 9.44. The standard InChI is InChI=1S/C22H24ClFN2O4/c1-15(22(29)30-2)13-26(14-16-6-4-3-5-7-16)20(27)10-11-25-21(28)18-9-8-17(24)12-19(18)23/h3-9,12,15H,10-11,13-14H2,1-2H3,(H,25,28). The van der Waals surface area contributed by atoms with Crippen LogP contribution in [0, 0.1) is 11.7 Å². The normalized spacial score (nSPS) is 11.5. The topological polar surface area (TPSA) is 75.7 Å². The Labute approximate surface area is 180 Å². The van der Waals surface area contributed by atoms with Crippen LogP contribution < -0.4 is 5.32 Å². The van der Waals surface area contributed by atoms with Crippen molar-refractivity contribution in [2.24, 2.45) is 5.92 Å².